The molecule has 1 atom stereocenters. The van der Waals surface area contributed by atoms with Crippen molar-refractivity contribution in [2.24, 2.45) is 0 Å². The van der Waals surface area contributed by atoms with Crippen LogP contribution in [-0.2, 0) is 14.3 Å². The quantitative estimate of drug-likeness (QED) is 0.286. The van der Waals surface area contributed by atoms with Crippen LogP contribution in [0.25, 0.3) is 5.76 Å². The number of aromatic nitrogens is 1. The molecular weight excluding hydrogens is 422 g/mol. The maximum Gasteiger partial charge on any atom is 0.295 e. The second kappa shape index (κ2) is 10.4. The summed E-state index contributed by atoms with van der Waals surface area (Å²) in [7, 11) is 0. The molecule has 8 heteroatoms. The molecule has 2 aliphatic heterocycles. The Hall–Kier alpha value is -3.49. The lowest BCUT2D eigenvalue weighted by molar-refractivity contribution is -0.140. The molecule has 1 amide bonds. The minimum absolute atomic E-state index is 0.0646. The number of likely N-dealkylation sites (tertiary alicyclic amines) is 1. The van der Waals surface area contributed by atoms with Crippen molar-refractivity contribution in [3.8, 4) is 5.75 Å². The minimum atomic E-state index is -0.712. The molecule has 1 aromatic heterocycles. The van der Waals surface area contributed by atoms with E-state index in [-0.39, 0.29) is 11.3 Å². The third kappa shape index (κ3) is 4.97. The van der Waals surface area contributed by atoms with Crippen LogP contribution in [0.2, 0.25) is 0 Å². The Morgan fingerprint density at radius 3 is 2.61 bits per heavy atom. The number of pyridine rings is 1. The van der Waals surface area contributed by atoms with Crippen molar-refractivity contribution < 1.29 is 24.2 Å². The van der Waals surface area contributed by atoms with Crippen LogP contribution in [0.15, 0.2) is 67.0 Å². The predicted molar refractivity (Wildman–Crippen MR) is 123 cm³/mol. The van der Waals surface area contributed by atoms with Crippen molar-refractivity contribution in [2.45, 2.75) is 6.04 Å². The second-order valence-electron chi connectivity index (χ2n) is 7.86. The van der Waals surface area contributed by atoms with E-state index in [1.54, 1.807) is 48.8 Å². The summed E-state index contributed by atoms with van der Waals surface area (Å²) < 4.78 is 10.9. The summed E-state index contributed by atoms with van der Waals surface area (Å²) in [6.07, 6.45) is 4.89. The van der Waals surface area contributed by atoms with Crippen molar-refractivity contribution in [3.05, 3.63) is 78.1 Å². The minimum Gasteiger partial charge on any atom is -0.507 e. The lowest BCUT2D eigenvalue weighted by atomic mass is 9.96. The molecule has 2 fully saturated rings. The number of Topliss-reactive ketones (excluding diaryl/α,β-unsaturated/α-hetero) is 1. The van der Waals surface area contributed by atoms with E-state index in [0.717, 1.165) is 13.1 Å². The first kappa shape index (κ1) is 22.7. The summed E-state index contributed by atoms with van der Waals surface area (Å²) in [5, 5.41) is 11.1. The van der Waals surface area contributed by atoms with Gasteiger partial charge in [0.15, 0.2) is 0 Å². The molecule has 2 saturated heterocycles. The second-order valence-corrected chi connectivity index (χ2v) is 7.86. The van der Waals surface area contributed by atoms with E-state index in [4.69, 9.17) is 9.47 Å². The summed E-state index contributed by atoms with van der Waals surface area (Å²) >= 11 is 0. The number of ketones is 1. The fraction of sp³-hybridized carbons (Fsp3) is 0.320. The van der Waals surface area contributed by atoms with Gasteiger partial charge in [0, 0.05) is 44.1 Å². The van der Waals surface area contributed by atoms with Crippen molar-refractivity contribution >= 4 is 17.4 Å². The standard InChI is InChI=1S/C25H27N3O5/c1-2-14-33-20-7-5-18(6-8-20)23(29)21-22(19-4-3-9-26-17-19)28(25(31)24(21)30)11-10-27-12-15-32-16-13-27/h2-9,17,22,29H,1,10-16H2/b23-21-. The van der Waals surface area contributed by atoms with E-state index >= 15 is 0 Å². The average Bonchev–Trinajstić information content (AvgIpc) is 3.12. The summed E-state index contributed by atoms with van der Waals surface area (Å²) in [4.78, 5) is 34.0. The molecule has 0 aliphatic carbocycles. The van der Waals surface area contributed by atoms with Gasteiger partial charge in [-0.15, -0.1) is 0 Å². The predicted octanol–water partition coefficient (Wildman–Crippen LogP) is 2.40. The van der Waals surface area contributed by atoms with Crippen LogP contribution in [0.3, 0.4) is 0 Å². The van der Waals surface area contributed by atoms with Gasteiger partial charge in [-0.2, -0.15) is 0 Å². The highest BCUT2D eigenvalue weighted by Gasteiger charge is 2.46. The molecule has 172 valence electrons. The molecule has 1 unspecified atom stereocenters. The average molecular weight is 450 g/mol. The van der Waals surface area contributed by atoms with Gasteiger partial charge in [-0.05, 0) is 35.9 Å². The Labute approximate surface area is 192 Å². The van der Waals surface area contributed by atoms with Crippen LogP contribution in [0.5, 0.6) is 5.75 Å². The normalized spacial score (nSPS) is 20.7. The van der Waals surface area contributed by atoms with Gasteiger partial charge in [0.1, 0.15) is 18.1 Å². The van der Waals surface area contributed by atoms with Crippen molar-refractivity contribution in [1.82, 2.24) is 14.8 Å². The number of aliphatic hydroxyl groups excluding tert-OH is 1. The van der Waals surface area contributed by atoms with Crippen LogP contribution >= 0.6 is 0 Å². The fourth-order valence-corrected chi connectivity index (χ4v) is 4.09. The maximum absolute atomic E-state index is 13.1. The molecule has 2 aromatic rings. The third-order valence-electron chi connectivity index (χ3n) is 5.80. The van der Waals surface area contributed by atoms with E-state index in [1.165, 1.54) is 4.90 Å². The highest BCUT2D eigenvalue weighted by Crippen LogP contribution is 2.39. The van der Waals surface area contributed by atoms with Crippen molar-refractivity contribution in [2.75, 3.05) is 46.0 Å². The van der Waals surface area contributed by atoms with Crippen LogP contribution in [0.1, 0.15) is 17.2 Å². The largest absolute Gasteiger partial charge is 0.507 e. The zero-order chi connectivity index (χ0) is 23.2. The number of morpholine rings is 1. The lowest BCUT2D eigenvalue weighted by Crippen LogP contribution is -2.42. The van der Waals surface area contributed by atoms with Crippen LogP contribution in [0, 0.1) is 0 Å². The van der Waals surface area contributed by atoms with Crippen LogP contribution in [0.4, 0.5) is 0 Å². The number of nitrogens with zero attached hydrogens (tertiary/aromatic N) is 3. The number of carbonyl (C=O) groups is 2. The van der Waals surface area contributed by atoms with Gasteiger partial charge in [0.05, 0.1) is 24.8 Å². The summed E-state index contributed by atoms with van der Waals surface area (Å²) in [5.74, 6) is -0.924. The van der Waals surface area contributed by atoms with Gasteiger partial charge in [0.2, 0.25) is 0 Å². The zero-order valence-corrected chi connectivity index (χ0v) is 18.4. The molecular formula is C25H27N3O5. The number of amides is 1. The number of carbonyl (C=O) groups excluding carboxylic acids is 2. The van der Waals surface area contributed by atoms with E-state index in [9.17, 15) is 14.7 Å². The Balaban J connectivity index is 1.66. The monoisotopic (exact) mass is 449 g/mol. The van der Waals surface area contributed by atoms with Gasteiger partial charge >= 0.3 is 0 Å². The Bertz CT molecular complexity index is 1030. The number of rotatable bonds is 8. The number of ether oxygens (including phenoxy) is 2. The first-order chi connectivity index (χ1) is 16.1. The zero-order valence-electron chi connectivity index (χ0n) is 18.4. The van der Waals surface area contributed by atoms with Crippen LogP contribution in [-0.4, -0.2) is 77.6 Å². The van der Waals surface area contributed by atoms with Crippen molar-refractivity contribution in [1.29, 1.82) is 0 Å². The smallest absolute Gasteiger partial charge is 0.295 e. The SMILES string of the molecule is C=CCOc1ccc(/C(O)=C2/C(=O)C(=O)N(CCN3CCOCC3)C2c2cccnc2)cc1. The molecule has 0 bridgehead atoms. The van der Waals surface area contributed by atoms with Gasteiger partial charge < -0.3 is 19.5 Å². The highest BCUT2D eigenvalue weighted by molar-refractivity contribution is 6.46. The Morgan fingerprint density at radius 1 is 1.18 bits per heavy atom. The summed E-state index contributed by atoms with van der Waals surface area (Å²) in [6.45, 7) is 7.81. The van der Waals surface area contributed by atoms with E-state index in [1.807, 2.05) is 6.07 Å². The van der Waals surface area contributed by atoms with E-state index in [0.29, 0.717) is 49.8 Å². The van der Waals surface area contributed by atoms with Gasteiger partial charge in [-0.3, -0.25) is 19.5 Å². The Kier molecular flexibility index (Phi) is 7.16. The van der Waals surface area contributed by atoms with E-state index in [2.05, 4.69) is 16.5 Å². The number of hydrogen-bond donors (Lipinski definition) is 1. The molecule has 33 heavy (non-hydrogen) atoms. The topological polar surface area (TPSA) is 92.2 Å². The first-order valence-electron chi connectivity index (χ1n) is 10.9. The molecule has 0 radical (unpaired) electrons. The number of aliphatic hydroxyl groups is 1. The highest BCUT2D eigenvalue weighted by atomic mass is 16.5. The fourth-order valence-electron chi connectivity index (χ4n) is 4.09. The molecule has 0 saturated carbocycles. The summed E-state index contributed by atoms with van der Waals surface area (Å²) in [6, 6.07) is 9.58. The molecule has 0 spiro atoms. The van der Waals surface area contributed by atoms with Gasteiger partial charge in [0.25, 0.3) is 11.7 Å². The molecule has 2 aliphatic rings. The lowest BCUT2D eigenvalue weighted by Gasteiger charge is -2.30. The maximum atomic E-state index is 13.1. The molecule has 3 heterocycles. The first-order valence-corrected chi connectivity index (χ1v) is 10.9. The third-order valence-corrected chi connectivity index (χ3v) is 5.80. The molecule has 8 nitrogen and oxygen atoms in total. The van der Waals surface area contributed by atoms with Gasteiger partial charge in [-0.25, -0.2) is 0 Å². The molecule has 1 N–H and O–H groups in total. The molecule has 4 rings (SSSR count). The van der Waals surface area contributed by atoms with Gasteiger partial charge in [-0.1, -0.05) is 18.7 Å². The molecule has 1 aromatic carbocycles. The number of benzene rings is 1. The van der Waals surface area contributed by atoms with Crippen molar-refractivity contribution in [3.63, 3.8) is 0 Å². The summed E-state index contributed by atoms with van der Waals surface area (Å²) in [5.41, 5.74) is 1.17. The number of hydrogen-bond acceptors (Lipinski definition) is 7. The van der Waals surface area contributed by atoms with Crippen LogP contribution < -0.4 is 4.74 Å². The Morgan fingerprint density at radius 2 is 1.94 bits per heavy atom. The van der Waals surface area contributed by atoms with E-state index < -0.39 is 17.7 Å².